The number of allylic oxidation sites excluding steroid dienone is 1. The molecule has 3 heteroatoms. The largest absolute Gasteiger partial charge is 0.478 e. The van der Waals surface area contributed by atoms with Crippen molar-refractivity contribution in [3.05, 3.63) is 30.1 Å². The van der Waals surface area contributed by atoms with Crippen molar-refractivity contribution >= 4 is 11.5 Å². The van der Waals surface area contributed by atoms with E-state index in [1.807, 2.05) is 12.1 Å². The zero-order valence-electron chi connectivity index (χ0n) is 6.16. The van der Waals surface area contributed by atoms with Crippen molar-refractivity contribution < 1.29 is 9.90 Å². The lowest BCUT2D eigenvalue weighted by molar-refractivity contribution is -0.131. The quantitative estimate of drug-likeness (QED) is 0.629. The van der Waals surface area contributed by atoms with Gasteiger partial charge in [0, 0.05) is 18.0 Å². The van der Waals surface area contributed by atoms with Gasteiger partial charge >= 0.3 is 5.97 Å². The Balaban J connectivity index is 2.86. The van der Waals surface area contributed by atoms with Crippen molar-refractivity contribution in [2.24, 2.45) is 0 Å². The number of rotatable bonds is 2. The summed E-state index contributed by atoms with van der Waals surface area (Å²) < 4.78 is 0. The molecule has 0 aromatic carbocycles. The zero-order valence-corrected chi connectivity index (χ0v) is 6.16. The minimum atomic E-state index is -0.919. The van der Waals surface area contributed by atoms with E-state index in [-0.39, 0.29) is 0 Å². The van der Waals surface area contributed by atoms with E-state index in [4.69, 9.17) is 5.11 Å². The Kier molecular flexibility index (Phi) is 2.11. The fraction of sp³-hybridized carbons (Fsp3) is 0.125. The maximum Gasteiger partial charge on any atom is 0.328 e. The first-order valence-electron chi connectivity index (χ1n) is 3.25. The lowest BCUT2D eigenvalue weighted by Gasteiger charge is -1.93. The van der Waals surface area contributed by atoms with Crippen molar-refractivity contribution in [2.45, 2.75) is 6.92 Å². The molecule has 0 radical (unpaired) electrons. The minimum absolute atomic E-state index is 0.725. The van der Waals surface area contributed by atoms with Crippen LogP contribution >= 0.6 is 0 Å². The van der Waals surface area contributed by atoms with Gasteiger partial charge in [0.25, 0.3) is 0 Å². The molecule has 0 saturated carbocycles. The van der Waals surface area contributed by atoms with Gasteiger partial charge in [-0.15, -0.1) is 0 Å². The van der Waals surface area contributed by atoms with Crippen LogP contribution in [0.1, 0.15) is 12.6 Å². The zero-order chi connectivity index (χ0) is 8.27. The van der Waals surface area contributed by atoms with E-state index < -0.39 is 5.97 Å². The summed E-state index contributed by atoms with van der Waals surface area (Å²) in [6.45, 7) is 1.75. The second-order valence-corrected chi connectivity index (χ2v) is 2.25. The second-order valence-electron chi connectivity index (χ2n) is 2.25. The van der Waals surface area contributed by atoms with Gasteiger partial charge in [-0.25, -0.2) is 4.79 Å². The van der Waals surface area contributed by atoms with Crippen molar-refractivity contribution in [1.82, 2.24) is 4.98 Å². The molecule has 0 bridgehead atoms. The predicted molar refractivity (Wildman–Crippen MR) is 42.1 cm³/mol. The van der Waals surface area contributed by atoms with Crippen molar-refractivity contribution in [1.29, 1.82) is 0 Å². The van der Waals surface area contributed by atoms with Gasteiger partial charge in [-0.05, 0) is 24.6 Å². The van der Waals surface area contributed by atoms with E-state index in [1.54, 1.807) is 13.1 Å². The molecule has 0 amide bonds. The van der Waals surface area contributed by atoms with Gasteiger partial charge in [0.05, 0.1) is 0 Å². The van der Waals surface area contributed by atoms with E-state index in [0.29, 0.717) is 0 Å². The molecule has 2 N–H and O–H groups in total. The Morgan fingerprint density at radius 1 is 1.73 bits per heavy atom. The maximum atomic E-state index is 10.2. The van der Waals surface area contributed by atoms with Crippen molar-refractivity contribution in [3.63, 3.8) is 0 Å². The molecule has 0 aliphatic carbocycles. The lowest BCUT2D eigenvalue weighted by Crippen LogP contribution is -1.89. The van der Waals surface area contributed by atoms with Crippen LogP contribution in [0, 0.1) is 0 Å². The summed E-state index contributed by atoms with van der Waals surface area (Å²) in [6.07, 6.45) is 2.93. The highest BCUT2D eigenvalue weighted by atomic mass is 16.4. The summed E-state index contributed by atoms with van der Waals surface area (Å²) in [7, 11) is 0. The van der Waals surface area contributed by atoms with Gasteiger partial charge in [0.2, 0.25) is 0 Å². The van der Waals surface area contributed by atoms with Crippen LogP contribution in [0.3, 0.4) is 0 Å². The SMILES string of the molecule is CC(=CC(=O)O)c1ccc[nH]1. The Morgan fingerprint density at radius 2 is 2.45 bits per heavy atom. The molecule has 0 aliphatic heterocycles. The summed E-state index contributed by atoms with van der Waals surface area (Å²) in [5.74, 6) is -0.919. The van der Waals surface area contributed by atoms with E-state index >= 15 is 0 Å². The van der Waals surface area contributed by atoms with Gasteiger partial charge in [-0.2, -0.15) is 0 Å². The lowest BCUT2D eigenvalue weighted by atomic mass is 10.2. The number of hydrogen-bond donors (Lipinski definition) is 2. The fourth-order valence-corrected chi connectivity index (χ4v) is 0.839. The Labute approximate surface area is 64.4 Å². The molecule has 58 valence electrons. The highest BCUT2D eigenvalue weighted by Crippen LogP contribution is 2.09. The summed E-state index contributed by atoms with van der Waals surface area (Å²) in [4.78, 5) is 13.1. The molecule has 1 heterocycles. The average molecular weight is 151 g/mol. The summed E-state index contributed by atoms with van der Waals surface area (Å²) in [5.41, 5.74) is 1.56. The highest BCUT2D eigenvalue weighted by Gasteiger charge is 1.96. The van der Waals surface area contributed by atoms with Crippen LogP contribution in [0.4, 0.5) is 0 Å². The number of H-pyrrole nitrogens is 1. The molecule has 0 aliphatic rings. The van der Waals surface area contributed by atoms with Gasteiger partial charge in [0.15, 0.2) is 0 Å². The summed E-state index contributed by atoms with van der Waals surface area (Å²) in [6, 6.07) is 3.66. The minimum Gasteiger partial charge on any atom is -0.478 e. The molecule has 0 unspecified atom stereocenters. The third-order valence-corrected chi connectivity index (χ3v) is 1.36. The third-order valence-electron chi connectivity index (χ3n) is 1.36. The topological polar surface area (TPSA) is 53.1 Å². The number of aromatic nitrogens is 1. The molecule has 3 nitrogen and oxygen atoms in total. The molecular formula is C8H9NO2. The van der Waals surface area contributed by atoms with Gasteiger partial charge < -0.3 is 10.1 Å². The van der Waals surface area contributed by atoms with Gasteiger partial charge in [-0.1, -0.05) is 0 Å². The van der Waals surface area contributed by atoms with E-state index in [2.05, 4.69) is 4.98 Å². The van der Waals surface area contributed by atoms with Crippen molar-refractivity contribution in [2.75, 3.05) is 0 Å². The van der Waals surface area contributed by atoms with Gasteiger partial charge in [0.1, 0.15) is 0 Å². The number of aromatic amines is 1. The molecular weight excluding hydrogens is 142 g/mol. The summed E-state index contributed by atoms with van der Waals surface area (Å²) >= 11 is 0. The van der Waals surface area contributed by atoms with Crippen LogP contribution in [-0.4, -0.2) is 16.1 Å². The number of nitrogens with one attached hydrogen (secondary N) is 1. The molecule has 1 rings (SSSR count). The molecule has 11 heavy (non-hydrogen) atoms. The standard InChI is InChI=1S/C8H9NO2/c1-6(5-8(10)11)7-3-2-4-9-7/h2-5,9H,1H3,(H,10,11). The number of carbonyl (C=O) groups is 1. The van der Waals surface area contributed by atoms with Crippen LogP contribution in [-0.2, 0) is 4.79 Å². The smallest absolute Gasteiger partial charge is 0.328 e. The molecule has 0 atom stereocenters. The number of carboxylic acids is 1. The van der Waals surface area contributed by atoms with E-state index in [9.17, 15) is 4.79 Å². The molecule has 0 saturated heterocycles. The van der Waals surface area contributed by atoms with Crippen LogP contribution < -0.4 is 0 Å². The molecule has 0 fully saturated rings. The molecule has 0 spiro atoms. The Morgan fingerprint density at radius 3 is 2.91 bits per heavy atom. The second kappa shape index (κ2) is 3.05. The first-order chi connectivity index (χ1) is 5.20. The van der Waals surface area contributed by atoms with Crippen molar-refractivity contribution in [3.8, 4) is 0 Å². The predicted octanol–water partition coefficient (Wildman–Crippen LogP) is 1.50. The fourth-order valence-electron chi connectivity index (χ4n) is 0.839. The van der Waals surface area contributed by atoms with Crippen LogP contribution in [0.25, 0.3) is 5.57 Å². The third kappa shape index (κ3) is 1.97. The normalized spacial score (nSPS) is 11.5. The molecule has 1 aromatic rings. The molecule has 1 aromatic heterocycles. The van der Waals surface area contributed by atoms with Gasteiger partial charge in [-0.3, -0.25) is 0 Å². The van der Waals surface area contributed by atoms with Crippen LogP contribution in [0.2, 0.25) is 0 Å². The Hall–Kier alpha value is -1.51. The highest BCUT2D eigenvalue weighted by molar-refractivity contribution is 5.88. The van der Waals surface area contributed by atoms with E-state index in [0.717, 1.165) is 11.3 Å². The first-order valence-corrected chi connectivity index (χ1v) is 3.25. The summed E-state index contributed by atoms with van der Waals surface area (Å²) in [5, 5.41) is 8.39. The monoisotopic (exact) mass is 151 g/mol. The van der Waals surface area contributed by atoms with Crippen LogP contribution in [0.15, 0.2) is 24.4 Å². The maximum absolute atomic E-state index is 10.2. The number of aliphatic carboxylic acids is 1. The number of carboxylic acid groups (broad SMARTS) is 1. The Bertz CT molecular complexity index is 272. The van der Waals surface area contributed by atoms with E-state index in [1.165, 1.54) is 6.08 Å². The van der Waals surface area contributed by atoms with Crippen LogP contribution in [0.5, 0.6) is 0 Å². The average Bonchev–Trinajstić information content (AvgIpc) is 2.35. The first kappa shape index (κ1) is 7.60. The number of hydrogen-bond acceptors (Lipinski definition) is 1.